The second-order valence-corrected chi connectivity index (χ2v) is 4.96. The number of unbranched alkanes of at least 4 members (excludes halogenated alkanes) is 1. The predicted molar refractivity (Wildman–Crippen MR) is 62.5 cm³/mol. The van der Waals surface area contributed by atoms with Crippen LogP contribution in [0.1, 0.15) is 40.0 Å². The van der Waals surface area contributed by atoms with Gasteiger partial charge in [0.15, 0.2) is 0 Å². The van der Waals surface area contributed by atoms with Gasteiger partial charge in [-0.05, 0) is 18.3 Å². The van der Waals surface area contributed by atoms with Crippen molar-refractivity contribution in [1.82, 2.24) is 0 Å². The molecule has 1 rings (SSSR count). The molecule has 88 valence electrons. The number of hydrogen-bond acceptors (Lipinski definition) is 3. The highest BCUT2D eigenvalue weighted by atomic mass is 28.2. The second kappa shape index (κ2) is 5.65. The minimum absolute atomic E-state index is 0.0977. The molecule has 1 heterocycles. The van der Waals surface area contributed by atoms with E-state index in [0.29, 0.717) is 16.4 Å². The molecule has 4 unspecified atom stereocenters. The highest BCUT2D eigenvalue weighted by Crippen LogP contribution is 2.31. The molecule has 0 radical (unpaired) electrons. The lowest BCUT2D eigenvalue weighted by atomic mass is 9.82. The molecule has 0 N–H and O–H groups in total. The Hall–Kier alpha value is -0.353. The van der Waals surface area contributed by atoms with E-state index in [1.807, 2.05) is 0 Å². The molecule has 1 saturated heterocycles. The molecule has 4 atom stereocenters. The fraction of sp³-hybridized carbons (Fsp3) is 0.909. The highest BCUT2D eigenvalue weighted by Gasteiger charge is 2.40. The van der Waals surface area contributed by atoms with Crippen molar-refractivity contribution in [3.05, 3.63) is 0 Å². The maximum absolute atomic E-state index is 11.6. The van der Waals surface area contributed by atoms with Gasteiger partial charge in [0.1, 0.15) is 22.7 Å². The van der Waals surface area contributed by atoms with E-state index < -0.39 is 0 Å². The number of rotatable bonds is 4. The fourth-order valence-corrected chi connectivity index (χ4v) is 2.81. The van der Waals surface area contributed by atoms with Crippen molar-refractivity contribution in [2.45, 2.75) is 52.2 Å². The van der Waals surface area contributed by atoms with Gasteiger partial charge in [0, 0.05) is 0 Å². The Bertz CT molecular complexity index is 220. The molecular weight excluding hydrogens is 208 g/mol. The van der Waals surface area contributed by atoms with E-state index in [1.165, 1.54) is 0 Å². The van der Waals surface area contributed by atoms with Crippen LogP contribution in [0.5, 0.6) is 0 Å². The molecule has 0 saturated carbocycles. The summed E-state index contributed by atoms with van der Waals surface area (Å²) in [5, 5.41) is 0. The molecule has 1 aliphatic heterocycles. The zero-order valence-corrected chi connectivity index (χ0v) is 12.2. The van der Waals surface area contributed by atoms with E-state index in [-0.39, 0.29) is 24.1 Å². The van der Waals surface area contributed by atoms with Crippen LogP contribution in [0.4, 0.5) is 0 Å². The van der Waals surface area contributed by atoms with Crippen LogP contribution in [0.15, 0.2) is 0 Å². The highest BCUT2D eigenvalue weighted by molar-refractivity contribution is 5.99. The van der Waals surface area contributed by atoms with E-state index in [0.717, 1.165) is 19.3 Å². The van der Waals surface area contributed by atoms with Gasteiger partial charge >= 0.3 is 5.97 Å². The van der Waals surface area contributed by atoms with Gasteiger partial charge in [0.05, 0.1) is 0 Å². The maximum Gasteiger partial charge on any atom is 0.334 e. The third-order valence-electron chi connectivity index (χ3n) is 3.49. The molecule has 15 heavy (non-hydrogen) atoms. The van der Waals surface area contributed by atoms with Crippen molar-refractivity contribution in [3.8, 4) is 0 Å². The molecule has 0 aromatic carbocycles. The Labute approximate surface area is 95.1 Å². The SMILES string of the molecule is CCCCC1OC(=O)C(O[SiH3])C(C)C1C. The predicted octanol–water partition coefficient (Wildman–Crippen LogP) is 1.04. The van der Waals surface area contributed by atoms with E-state index in [2.05, 4.69) is 20.8 Å². The first-order valence-corrected chi connectivity index (χ1v) is 6.66. The Balaban J connectivity index is 2.60. The number of esters is 1. The molecule has 0 aromatic rings. The summed E-state index contributed by atoms with van der Waals surface area (Å²) in [7, 11) is 0.593. The lowest BCUT2D eigenvalue weighted by molar-refractivity contribution is -0.177. The van der Waals surface area contributed by atoms with Crippen molar-refractivity contribution in [2.75, 3.05) is 0 Å². The van der Waals surface area contributed by atoms with Crippen molar-refractivity contribution in [2.24, 2.45) is 11.8 Å². The van der Waals surface area contributed by atoms with Gasteiger partial charge in [-0.1, -0.05) is 33.6 Å². The monoisotopic (exact) mass is 230 g/mol. The smallest absolute Gasteiger partial charge is 0.334 e. The second-order valence-electron chi connectivity index (χ2n) is 4.49. The summed E-state index contributed by atoms with van der Waals surface area (Å²) in [6.07, 6.45) is 3.05. The summed E-state index contributed by atoms with van der Waals surface area (Å²) in [6, 6.07) is 0. The van der Waals surface area contributed by atoms with Crippen LogP contribution in [0.2, 0.25) is 0 Å². The van der Waals surface area contributed by atoms with Crippen LogP contribution in [0.25, 0.3) is 0 Å². The van der Waals surface area contributed by atoms with Crippen LogP contribution in [-0.2, 0) is 14.0 Å². The Kier molecular flexibility index (Phi) is 4.79. The number of cyclic esters (lactones) is 1. The normalized spacial score (nSPS) is 36.6. The molecule has 1 fully saturated rings. The molecule has 3 nitrogen and oxygen atoms in total. The van der Waals surface area contributed by atoms with Crippen molar-refractivity contribution in [1.29, 1.82) is 0 Å². The average molecular weight is 230 g/mol. The van der Waals surface area contributed by atoms with Crippen LogP contribution in [0, 0.1) is 11.8 Å². The molecule has 4 heteroatoms. The first-order chi connectivity index (χ1) is 7.11. The summed E-state index contributed by atoms with van der Waals surface area (Å²) in [6.45, 7) is 6.40. The summed E-state index contributed by atoms with van der Waals surface area (Å²) in [5.41, 5.74) is 0. The van der Waals surface area contributed by atoms with E-state index >= 15 is 0 Å². The topological polar surface area (TPSA) is 35.5 Å². The van der Waals surface area contributed by atoms with Gasteiger partial charge in [0.25, 0.3) is 0 Å². The number of carbonyl (C=O) groups is 1. The minimum atomic E-state index is -0.315. The van der Waals surface area contributed by atoms with Gasteiger partial charge in [0.2, 0.25) is 0 Å². The van der Waals surface area contributed by atoms with Crippen molar-refractivity contribution in [3.63, 3.8) is 0 Å². The fourth-order valence-electron chi connectivity index (χ4n) is 2.19. The van der Waals surface area contributed by atoms with Gasteiger partial charge < -0.3 is 9.16 Å². The minimum Gasteiger partial charge on any atom is -0.460 e. The number of carbonyl (C=O) groups excluding carboxylic acids is 1. The molecule has 0 bridgehead atoms. The maximum atomic E-state index is 11.6. The van der Waals surface area contributed by atoms with Crippen molar-refractivity contribution >= 4 is 16.5 Å². The zero-order chi connectivity index (χ0) is 11.4. The van der Waals surface area contributed by atoms with Gasteiger partial charge in [-0.15, -0.1) is 0 Å². The van der Waals surface area contributed by atoms with Crippen LogP contribution >= 0.6 is 0 Å². The summed E-state index contributed by atoms with van der Waals surface area (Å²) < 4.78 is 10.7. The van der Waals surface area contributed by atoms with E-state index in [1.54, 1.807) is 0 Å². The summed E-state index contributed by atoms with van der Waals surface area (Å²) >= 11 is 0. The Morgan fingerprint density at radius 2 is 2.07 bits per heavy atom. The third-order valence-corrected chi connectivity index (χ3v) is 4.00. The molecule has 1 aliphatic rings. The molecule has 0 amide bonds. The van der Waals surface area contributed by atoms with Crippen LogP contribution in [-0.4, -0.2) is 28.7 Å². The zero-order valence-electron chi connectivity index (χ0n) is 10.2. The van der Waals surface area contributed by atoms with Gasteiger partial charge in [-0.2, -0.15) is 0 Å². The first kappa shape index (κ1) is 12.7. The third kappa shape index (κ3) is 2.81. The van der Waals surface area contributed by atoms with E-state index in [4.69, 9.17) is 9.16 Å². The van der Waals surface area contributed by atoms with Crippen LogP contribution in [0.3, 0.4) is 0 Å². The largest absolute Gasteiger partial charge is 0.460 e. The lowest BCUT2D eigenvalue weighted by Gasteiger charge is -2.38. The Morgan fingerprint density at radius 3 is 2.60 bits per heavy atom. The number of hydrogen-bond donors (Lipinski definition) is 0. The van der Waals surface area contributed by atoms with Gasteiger partial charge in [-0.25, -0.2) is 4.79 Å². The summed E-state index contributed by atoms with van der Waals surface area (Å²) in [4.78, 5) is 11.6. The number of ether oxygens (including phenoxy) is 1. The average Bonchev–Trinajstić information content (AvgIpc) is 2.22. The van der Waals surface area contributed by atoms with Gasteiger partial charge in [-0.3, -0.25) is 0 Å². The molecule has 0 aliphatic carbocycles. The van der Waals surface area contributed by atoms with Crippen molar-refractivity contribution < 1.29 is 14.0 Å². The molecular formula is C11H22O3Si. The summed E-state index contributed by atoms with van der Waals surface area (Å²) in [5.74, 6) is 0.538. The molecule has 0 spiro atoms. The quantitative estimate of drug-likeness (QED) is 0.535. The van der Waals surface area contributed by atoms with Crippen LogP contribution < -0.4 is 0 Å². The standard InChI is InChI=1S/C11H22O3Si/c1-4-5-6-9-7(2)8(3)10(14-15)11(12)13-9/h7-10H,4-6H2,1-3,15H3. The lowest BCUT2D eigenvalue weighted by Crippen LogP contribution is -2.47. The van der Waals surface area contributed by atoms with E-state index in [9.17, 15) is 4.79 Å². The molecule has 0 aromatic heterocycles. The first-order valence-electron chi connectivity index (χ1n) is 5.85. The Morgan fingerprint density at radius 1 is 1.40 bits per heavy atom.